The molecule has 1 heterocycles. The third kappa shape index (κ3) is 3.23. The van der Waals surface area contributed by atoms with Gasteiger partial charge in [-0.1, -0.05) is 86.6 Å². The Labute approximate surface area is 212 Å². The summed E-state index contributed by atoms with van der Waals surface area (Å²) >= 11 is 0. The van der Waals surface area contributed by atoms with Gasteiger partial charge in [-0.2, -0.15) is 0 Å². The smallest absolute Gasteiger partial charge is 0.0541 e. The maximum atomic E-state index is 2.43. The van der Waals surface area contributed by atoms with Gasteiger partial charge < -0.3 is 4.57 Å². The lowest BCUT2D eigenvalue weighted by atomic mass is 9.97. The first-order chi connectivity index (χ1) is 17.7. The molecule has 6 aromatic rings. The monoisotopic (exact) mass is 463 g/mol. The van der Waals surface area contributed by atoms with E-state index in [4.69, 9.17) is 0 Å². The van der Waals surface area contributed by atoms with Gasteiger partial charge in [0, 0.05) is 16.5 Å². The van der Waals surface area contributed by atoms with Gasteiger partial charge in [0.05, 0.1) is 11.0 Å². The molecule has 0 saturated carbocycles. The maximum Gasteiger partial charge on any atom is 0.0541 e. The zero-order valence-corrected chi connectivity index (χ0v) is 20.8. The molecule has 0 bridgehead atoms. The van der Waals surface area contributed by atoms with E-state index in [0.29, 0.717) is 5.92 Å². The van der Waals surface area contributed by atoms with E-state index in [-0.39, 0.29) is 0 Å². The van der Waals surface area contributed by atoms with E-state index in [2.05, 4.69) is 128 Å². The molecule has 36 heavy (non-hydrogen) atoms. The Morgan fingerprint density at radius 1 is 0.639 bits per heavy atom. The van der Waals surface area contributed by atoms with Gasteiger partial charge in [-0.25, -0.2) is 0 Å². The van der Waals surface area contributed by atoms with Crippen LogP contribution in [0.3, 0.4) is 0 Å². The summed E-state index contributed by atoms with van der Waals surface area (Å²) in [5, 5.41) is 2.60. The molecule has 1 aliphatic rings. The Kier molecular flexibility index (Phi) is 4.85. The van der Waals surface area contributed by atoms with Gasteiger partial charge in [-0.15, -0.1) is 0 Å². The lowest BCUT2D eigenvalue weighted by Gasteiger charge is -2.13. The SMILES string of the molecule is CCC(C)c1cccc(-n2c3ccccc3c3cc(-c4ccc5c(c4)-c4ccccc4C5)ccc32)c1. The van der Waals surface area contributed by atoms with Gasteiger partial charge in [0.15, 0.2) is 0 Å². The van der Waals surface area contributed by atoms with Crippen molar-refractivity contribution in [1.29, 1.82) is 0 Å². The first kappa shape index (κ1) is 21.2. The lowest BCUT2D eigenvalue weighted by Crippen LogP contribution is -1.97. The van der Waals surface area contributed by atoms with Crippen LogP contribution in [0.5, 0.6) is 0 Å². The number of aromatic nitrogens is 1. The highest BCUT2D eigenvalue weighted by Crippen LogP contribution is 2.40. The molecular weight excluding hydrogens is 434 g/mol. The van der Waals surface area contributed by atoms with E-state index in [1.54, 1.807) is 0 Å². The molecule has 1 nitrogen and oxygen atoms in total. The van der Waals surface area contributed by atoms with Crippen molar-refractivity contribution in [3.8, 4) is 27.9 Å². The van der Waals surface area contributed by atoms with E-state index in [0.717, 1.165) is 12.8 Å². The molecule has 1 aliphatic carbocycles. The number of nitrogens with zero attached hydrogens (tertiary/aromatic N) is 1. The average molecular weight is 464 g/mol. The molecule has 5 aromatic carbocycles. The summed E-state index contributed by atoms with van der Waals surface area (Å²) in [5.74, 6) is 0.551. The van der Waals surface area contributed by atoms with E-state index in [1.807, 2.05) is 0 Å². The van der Waals surface area contributed by atoms with Crippen molar-refractivity contribution in [3.63, 3.8) is 0 Å². The van der Waals surface area contributed by atoms with E-state index in [9.17, 15) is 0 Å². The first-order valence-electron chi connectivity index (χ1n) is 13.1. The number of hydrogen-bond acceptors (Lipinski definition) is 0. The number of rotatable bonds is 4. The molecule has 0 saturated heterocycles. The summed E-state index contributed by atoms with van der Waals surface area (Å²) in [4.78, 5) is 0. The minimum absolute atomic E-state index is 0.551. The van der Waals surface area contributed by atoms with Crippen LogP contribution in [0.15, 0.2) is 109 Å². The Morgan fingerprint density at radius 3 is 2.31 bits per heavy atom. The zero-order valence-electron chi connectivity index (χ0n) is 20.8. The molecule has 7 rings (SSSR count). The van der Waals surface area contributed by atoms with Crippen molar-refractivity contribution in [1.82, 2.24) is 4.57 Å². The Balaban J connectivity index is 1.41. The van der Waals surface area contributed by atoms with Crippen LogP contribution in [-0.2, 0) is 6.42 Å². The predicted molar refractivity (Wildman–Crippen MR) is 153 cm³/mol. The summed E-state index contributed by atoms with van der Waals surface area (Å²) in [6.07, 6.45) is 2.18. The molecular formula is C35H29N. The van der Waals surface area contributed by atoms with Crippen molar-refractivity contribution in [2.75, 3.05) is 0 Å². The standard InChI is InChI=1S/C35H29N/c1-3-23(2)24-10-8-11-29(20-24)36-34-14-7-6-13-31(34)33-22-26(17-18-35(33)36)25-15-16-28-19-27-9-4-5-12-30(27)32(28)21-25/h4-18,20-23H,3,19H2,1-2H3. The highest BCUT2D eigenvalue weighted by Gasteiger charge is 2.19. The molecule has 0 N–H and O–H groups in total. The topological polar surface area (TPSA) is 4.93 Å². The summed E-state index contributed by atoms with van der Waals surface area (Å²) in [7, 11) is 0. The van der Waals surface area contributed by atoms with Crippen molar-refractivity contribution in [2.24, 2.45) is 0 Å². The molecule has 0 aliphatic heterocycles. The summed E-state index contributed by atoms with van der Waals surface area (Å²) < 4.78 is 2.43. The van der Waals surface area contributed by atoms with Crippen LogP contribution in [0.2, 0.25) is 0 Å². The highest BCUT2D eigenvalue weighted by molar-refractivity contribution is 6.10. The fourth-order valence-corrected chi connectivity index (χ4v) is 5.94. The summed E-state index contributed by atoms with van der Waals surface area (Å²) in [6, 6.07) is 40.7. The molecule has 0 amide bonds. The minimum Gasteiger partial charge on any atom is -0.309 e. The van der Waals surface area contributed by atoms with Gasteiger partial charge in [0.2, 0.25) is 0 Å². The Hall–Kier alpha value is -4.10. The second-order valence-corrected chi connectivity index (χ2v) is 10.2. The van der Waals surface area contributed by atoms with Crippen molar-refractivity contribution >= 4 is 21.8 Å². The molecule has 1 aromatic heterocycles. The van der Waals surface area contributed by atoms with Crippen molar-refractivity contribution in [3.05, 3.63) is 126 Å². The minimum atomic E-state index is 0.551. The lowest BCUT2D eigenvalue weighted by molar-refractivity contribution is 0.733. The fraction of sp³-hybridized carbons (Fsp3) is 0.143. The van der Waals surface area contributed by atoms with E-state index >= 15 is 0 Å². The molecule has 0 radical (unpaired) electrons. The largest absolute Gasteiger partial charge is 0.309 e. The van der Waals surface area contributed by atoms with Crippen LogP contribution >= 0.6 is 0 Å². The Morgan fingerprint density at radius 2 is 1.39 bits per heavy atom. The van der Waals surface area contributed by atoms with Crippen LogP contribution in [0.1, 0.15) is 42.9 Å². The van der Waals surface area contributed by atoms with Crippen LogP contribution in [0.25, 0.3) is 49.7 Å². The molecule has 0 fully saturated rings. The normalized spacial score (nSPS) is 13.2. The number of hydrogen-bond donors (Lipinski definition) is 0. The summed E-state index contributed by atoms with van der Waals surface area (Å²) in [5.41, 5.74) is 13.3. The molecule has 1 unspecified atom stereocenters. The quantitative estimate of drug-likeness (QED) is 0.245. The van der Waals surface area contributed by atoms with Gasteiger partial charge in [0.1, 0.15) is 0 Å². The van der Waals surface area contributed by atoms with E-state index in [1.165, 1.54) is 66.4 Å². The molecule has 1 atom stereocenters. The second kappa shape index (κ2) is 8.24. The third-order valence-electron chi connectivity index (χ3n) is 8.11. The van der Waals surface area contributed by atoms with Gasteiger partial charge in [-0.3, -0.25) is 0 Å². The van der Waals surface area contributed by atoms with Crippen LogP contribution in [0, 0.1) is 0 Å². The Bertz CT molecular complexity index is 1770. The first-order valence-corrected chi connectivity index (χ1v) is 13.1. The molecule has 174 valence electrons. The molecule has 0 spiro atoms. The fourth-order valence-electron chi connectivity index (χ4n) is 5.94. The van der Waals surface area contributed by atoms with Crippen molar-refractivity contribution < 1.29 is 0 Å². The zero-order chi connectivity index (χ0) is 24.2. The number of benzene rings is 5. The van der Waals surface area contributed by atoms with Gasteiger partial charge in [0.25, 0.3) is 0 Å². The average Bonchev–Trinajstić information content (AvgIpc) is 3.47. The number of para-hydroxylation sites is 1. The second-order valence-electron chi connectivity index (χ2n) is 10.2. The van der Waals surface area contributed by atoms with Crippen LogP contribution < -0.4 is 0 Å². The van der Waals surface area contributed by atoms with Crippen molar-refractivity contribution in [2.45, 2.75) is 32.6 Å². The highest BCUT2D eigenvalue weighted by atomic mass is 15.0. The number of fused-ring (bicyclic) bond motifs is 6. The predicted octanol–water partition coefficient (Wildman–Crippen LogP) is 9.54. The van der Waals surface area contributed by atoms with Gasteiger partial charge in [-0.05, 0) is 94.1 Å². The summed E-state index contributed by atoms with van der Waals surface area (Å²) in [6.45, 7) is 4.57. The van der Waals surface area contributed by atoms with Gasteiger partial charge >= 0.3 is 0 Å². The van der Waals surface area contributed by atoms with Crippen LogP contribution in [-0.4, -0.2) is 4.57 Å². The maximum absolute atomic E-state index is 2.43. The molecule has 1 heteroatoms. The van der Waals surface area contributed by atoms with Crippen LogP contribution in [0.4, 0.5) is 0 Å². The third-order valence-corrected chi connectivity index (χ3v) is 8.11. The van der Waals surface area contributed by atoms with E-state index < -0.39 is 0 Å².